The Labute approximate surface area is 198 Å². The number of rotatable bonds is 2. The minimum Gasteiger partial charge on any atom is -0.455 e. The van der Waals surface area contributed by atoms with Gasteiger partial charge in [0.2, 0.25) is 5.69 Å². The van der Waals surface area contributed by atoms with Crippen LogP contribution in [-0.4, -0.2) is 0 Å². The van der Waals surface area contributed by atoms with Crippen LogP contribution in [-0.2, 0) is 7.05 Å². The average molecular weight is 441 g/mol. The molecular formula is C32H26NO+. The van der Waals surface area contributed by atoms with Gasteiger partial charge in [0, 0.05) is 22.7 Å². The predicted octanol–water partition coefficient (Wildman–Crippen LogP) is 6.29. The van der Waals surface area contributed by atoms with Crippen molar-refractivity contribution in [1.29, 1.82) is 0 Å². The Balaban J connectivity index is 1.83. The van der Waals surface area contributed by atoms with E-state index in [4.69, 9.17) is 4.42 Å². The fourth-order valence-electron chi connectivity index (χ4n) is 5.17. The molecule has 0 N–H and O–H groups in total. The molecule has 0 saturated heterocycles. The highest BCUT2D eigenvalue weighted by Gasteiger charge is 2.19. The molecule has 0 radical (unpaired) electrons. The van der Waals surface area contributed by atoms with Gasteiger partial charge >= 0.3 is 0 Å². The van der Waals surface area contributed by atoms with Crippen molar-refractivity contribution in [1.82, 2.24) is 0 Å². The highest BCUT2D eigenvalue weighted by molar-refractivity contribution is 6.26. The zero-order chi connectivity index (χ0) is 23.4. The van der Waals surface area contributed by atoms with Gasteiger partial charge in [-0.05, 0) is 69.9 Å². The minimum absolute atomic E-state index is 0.830. The van der Waals surface area contributed by atoms with Gasteiger partial charge in [-0.25, -0.2) is 4.57 Å². The molecule has 4 aromatic carbocycles. The molecule has 0 unspecified atom stereocenters. The fourth-order valence-corrected chi connectivity index (χ4v) is 5.17. The maximum Gasteiger partial charge on any atom is 0.216 e. The number of hydrogen-bond acceptors (Lipinski definition) is 1. The Kier molecular flexibility index (Phi) is 4.63. The Hall–Kier alpha value is -4.17. The molecule has 0 spiro atoms. The summed E-state index contributed by atoms with van der Waals surface area (Å²) in [5, 5.41) is 9.45. The number of benzene rings is 4. The molecule has 2 nitrogen and oxygen atoms in total. The van der Waals surface area contributed by atoms with E-state index in [1.54, 1.807) is 0 Å². The number of nitrogens with zero attached hydrogens (tertiary/aromatic N) is 1. The lowest BCUT2D eigenvalue weighted by Gasteiger charge is -2.10. The molecule has 0 aliphatic rings. The molecule has 0 saturated carbocycles. The summed E-state index contributed by atoms with van der Waals surface area (Å²) in [7, 11) is 2.07. The van der Waals surface area contributed by atoms with E-state index in [1.807, 2.05) is 6.07 Å². The van der Waals surface area contributed by atoms with Crippen molar-refractivity contribution in [3.8, 4) is 0 Å². The third-order valence-corrected chi connectivity index (χ3v) is 7.02. The average Bonchev–Trinajstić information content (AvgIpc) is 3.19. The third kappa shape index (κ3) is 2.92. The summed E-state index contributed by atoms with van der Waals surface area (Å²) in [5.74, 6) is 0. The van der Waals surface area contributed by atoms with Gasteiger partial charge in [0.1, 0.15) is 18.0 Å². The zero-order valence-electron chi connectivity index (χ0n) is 19.7. The zero-order valence-corrected chi connectivity index (χ0v) is 19.7. The van der Waals surface area contributed by atoms with Crippen molar-refractivity contribution in [2.75, 3.05) is 0 Å². The quantitative estimate of drug-likeness (QED) is 0.228. The predicted molar refractivity (Wildman–Crippen MR) is 143 cm³/mol. The molecular weight excluding hydrogens is 414 g/mol. The number of allylic oxidation sites excluding steroid dienone is 2. The van der Waals surface area contributed by atoms with Crippen molar-refractivity contribution in [3.05, 3.63) is 113 Å². The Morgan fingerprint density at radius 3 is 1.91 bits per heavy atom. The maximum atomic E-state index is 6.61. The minimum atomic E-state index is 0.830. The van der Waals surface area contributed by atoms with Gasteiger partial charge in [-0.15, -0.1) is 0 Å². The first-order chi connectivity index (χ1) is 16.6. The van der Waals surface area contributed by atoms with E-state index in [9.17, 15) is 0 Å². The first kappa shape index (κ1) is 20.4. The second-order valence-electron chi connectivity index (χ2n) is 8.94. The Bertz CT molecular complexity index is 1900. The van der Waals surface area contributed by atoms with Crippen LogP contribution >= 0.6 is 0 Å². The lowest BCUT2D eigenvalue weighted by molar-refractivity contribution is -0.673. The maximum absolute atomic E-state index is 6.61. The number of pyridine rings is 1. The van der Waals surface area contributed by atoms with Crippen LogP contribution in [0.2, 0.25) is 0 Å². The van der Waals surface area contributed by atoms with Crippen molar-refractivity contribution in [2.45, 2.75) is 13.8 Å². The lowest BCUT2D eigenvalue weighted by Crippen LogP contribution is -2.35. The van der Waals surface area contributed by atoms with Crippen molar-refractivity contribution >= 4 is 55.4 Å². The van der Waals surface area contributed by atoms with Gasteiger partial charge in [0.15, 0.2) is 6.20 Å². The summed E-state index contributed by atoms with van der Waals surface area (Å²) in [6, 6.07) is 28.0. The normalized spacial score (nSPS) is 13.3. The van der Waals surface area contributed by atoms with Gasteiger partial charge in [-0.1, -0.05) is 61.2 Å². The van der Waals surface area contributed by atoms with Crippen LogP contribution in [0.3, 0.4) is 0 Å². The van der Waals surface area contributed by atoms with Crippen molar-refractivity contribution in [3.63, 3.8) is 0 Å². The molecule has 0 amide bonds. The van der Waals surface area contributed by atoms with E-state index < -0.39 is 0 Å². The summed E-state index contributed by atoms with van der Waals surface area (Å²) < 4.78 is 8.74. The number of fused-ring (bicyclic) bond motifs is 7. The highest BCUT2D eigenvalue weighted by Crippen LogP contribution is 2.36. The summed E-state index contributed by atoms with van der Waals surface area (Å²) in [6.45, 7) is 8.70. The third-order valence-electron chi connectivity index (χ3n) is 7.02. The van der Waals surface area contributed by atoms with Gasteiger partial charge in [0.05, 0.1) is 5.57 Å². The van der Waals surface area contributed by atoms with E-state index in [0.29, 0.717) is 0 Å². The fraction of sp³-hybridized carbons (Fsp3) is 0.0938. The Morgan fingerprint density at radius 2 is 1.32 bits per heavy atom. The monoisotopic (exact) mass is 440 g/mol. The molecule has 0 atom stereocenters. The largest absolute Gasteiger partial charge is 0.455 e. The smallest absolute Gasteiger partial charge is 0.216 e. The van der Waals surface area contributed by atoms with E-state index in [1.165, 1.54) is 32.3 Å². The molecule has 34 heavy (non-hydrogen) atoms. The number of furan rings is 1. The Morgan fingerprint density at radius 1 is 0.765 bits per heavy atom. The van der Waals surface area contributed by atoms with Crippen LogP contribution in [0.1, 0.15) is 19.5 Å². The summed E-state index contributed by atoms with van der Waals surface area (Å²) >= 11 is 0. The standard InChI is InChI=1S/C32H26NO/c1-5-20(2)31(29-16-10-11-17-33(29)4)32-21(3)26-18-27-24-14-8-6-12-22(24)23-13-7-9-15-25(23)28(27)19-30(26)34-32/h5-19H,3H2,1-2,4H3/q+1/b20-5-,32-31-. The van der Waals surface area contributed by atoms with E-state index in [-0.39, 0.29) is 0 Å². The topological polar surface area (TPSA) is 17.0 Å². The molecule has 0 bridgehead atoms. The second kappa shape index (κ2) is 7.71. The molecule has 0 aliphatic heterocycles. The molecule has 2 heteroatoms. The molecule has 2 heterocycles. The van der Waals surface area contributed by atoms with E-state index in [2.05, 4.69) is 117 Å². The summed E-state index contributed by atoms with van der Waals surface area (Å²) in [5.41, 5.74) is 5.03. The van der Waals surface area contributed by atoms with Gasteiger partial charge < -0.3 is 4.42 Å². The van der Waals surface area contributed by atoms with Gasteiger partial charge in [0.25, 0.3) is 0 Å². The van der Waals surface area contributed by atoms with Crippen molar-refractivity contribution < 1.29 is 8.98 Å². The van der Waals surface area contributed by atoms with Gasteiger partial charge in [-0.2, -0.15) is 0 Å². The number of hydrogen-bond donors (Lipinski definition) is 0. The summed E-state index contributed by atoms with van der Waals surface area (Å²) in [4.78, 5) is 0. The first-order valence-corrected chi connectivity index (χ1v) is 11.7. The number of aryl methyl sites for hydroxylation is 1. The molecule has 6 aromatic rings. The van der Waals surface area contributed by atoms with Crippen LogP contribution in [0.25, 0.3) is 55.4 Å². The summed E-state index contributed by atoms with van der Waals surface area (Å²) in [6.07, 6.45) is 4.20. The molecule has 0 fully saturated rings. The highest BCUT2D eigenvalue weighted by atomic mass is 16.3. The van der Waals surface area contributed by atoms with E-state index in [0.717, 1.165) is 38.4 Å². The SMILES string of the molecule is C=c1/c(=C(\C(C)=C/C)c2cccc[n+]2C)oc2cc3c4ccccc4c4ccccc4c3cc12. The van der Waals surface area contributed by atoms with Crippen LogP contribution in [0.15, 0.2) is 101 Å². The van der Waals surface area contributed by atoms with Crippen LogP contribution in [0.4, 0.5) is 0 Å². The van der Waals surface area contributed by atoms with Gasteiger partial charge in [-0.3, -0.25) is 0 Å². The molecule has 6 rings (SSSR count). The van der Waals surface area contributed by atoms with Crippen LogP contribution in [0.5, 0.6) is 0 Å². The van der Waals surface area contributed by atoms with Crippen LogP contribution < -0.4 is 15.2 Å². The lowest BCUT2D eigenvalue weighted by atomic mass is 9.93. The molecule has 164 valence electrons. The number of aromatic nitrogens is 1. The van der Waals surface area contributed by atoms with Crippen LogP contribution in [0, 0.1) is 0 Å². The molecule has 0 aliphatic carbocycles. The second-order valence-corrected chi connectivity index (χ2v) is 8.94. The van der Waals surface area contributed by atoms with E-state index >= 15 is 0 Å². The molecule has 2 aromatic heterocycles. The first-order valence-electron chi connectivity index (χ1n) is 11.7. The van der Waals surface area contributed by atoms with Crippen molar-refractivity contribution in [2.24, 2.45) is 7.05 Å².